The first-order valence-corrected chi connectivity index (χ1v) is 12.3. The van der Waals surface area contributed by atoms with Crippen LogP contribution >= 0.6 is 0 Å². The van der Waals surface area contributed by atoms with Crippen LogP contribution in [0.5, 0.6) is 5.75 Å². The molecule has 9 nitrogen and oxygen atoms in total. The van der Waals surface area contributed by atoms with Gasteiger partial charge in [-0.25, -0.2) is 14.8 Å². The number of ether oxygens (including phenoxy) is 2. The van der Waals surface area contributed by atoms with Crippen LogP contribution in [0.2, 0.25) is 0 Å². The summed E-state index contributed by atoms with van der Waals surface area (Å²) in [4.78, 5) is 24.7. The number of methoxy groups -OCH3 is 1. The van der Waals surface area contributed by atoms with Crippen LogP contribution in [-0.2, 0) is 17.5 Å². The zero-order valence-electron chi connectivity index (χ0n) is 22.1. The first-order valence-electron chi connectivity index (χ1n) is 12.3. The van der Waals surface area contributed by atoms with Gasteiger partial charge in [0.15, 0.2) is 0 Å². The maximum atomic E-state index is 13.3. The van der Waals surface area contributed by atoms with Crippen molar-refractivity contribution < 1.29 is 31.9 Å². The molecule has 0 spiro atoms. The number of piperazine rings is 1. The number of oxazole rings is 1. The molecule has 2 aromatic heterocycles. The molecule has 1 unspecified atom stereocenters. The van der Waals surface area contributed by atoms with Crippen molar-refractivity contribution in [3.05, 3.63) is 41.4 Å². The van der Waals surface area contributed by atoms with Crippen LogP contribution in [0.4, 0.5) is 18.0 Å². The second-order valence-electron chi connectivity index (χ2n) is 10.3. The average Bonchev–Trinajstić information content (AvgIpc) is 3.25. The van der Waals surface area contributed by atoms with E-state index in [1.807, 2.05) is 20.8 Å². The van der Waals surface area contributed by atoms with E-state index in [4.69, 9.17) is 24.6 Å². The minimum atomic E-state index is -4.60. The Balaban J connectivity index is 1.60. The predicted octanol–water partition coefficient (Wildman–Crippen LogP) is 4.99. The molecule has 1 saturated heterocycles. The van der Waals surface area contributed by atoms with Gasteiger partial charge in [0.2, 0.25) is 5.89 Å². The summed E-state index contributed by atoms with van der Waals surface area (Å²) < 4.78 is 56.7. The van der Waals surface area contributed by atoms with E-state index in [1.165, 1.54) is 19.2 Å². The lowest BCUT2D eigenvalue weighted by Crippen LogP contribution is -2.49. The number of carbonyl (C=O) groups is 1. The highest BCUT2D eigenvalue weighted by Gasteiger charge is 2.33. The van der Waals surface area contributed by atoms with Gasteiger partial charge < -0.3 is 24.5 Å². The van der Waals surface area contributed by atoms with Crippen molar-refractivity contribution >= 4 is 17.0 Å². The molecule has 0 bridgehead atoms. The number of nitrogens with two attached hydrogens (primary N) is 1. The molecule has 1 aromatic carbocycles. The van der Waals surface area contributed by atoms with Gasteiger partial charge in [0, 0.05) is 43.7 Å². The lowest BCUT2D eigenvalue weighted by Gasteiger charge is -2.35. The summed E-state index contributed by atoms with van der Waals surface area (Å²) in [5.41, 5.74) is 5.76. The first-order chi connectivity index (χ1) is 17.8. The standard InChI is InChI=1S/C26H32F3N5O4/c1-15(30)22-18(14-33-10-12-34(13-11-33)24(35)38-25(2,3)4)31-23(37-22)17-6-8-19(36-5)21-16(17)7-9-20(32-21)26(27,28)29/h6-9,15H,10-14,30H2,1-5H3. The number of amides is 1. The number of aromatic nitrogens is 2. The first kappa shape index (κ1) is 27.6. The summed E-state index contributed by atoms with van der Waals surface area (Å²) in [7, 11) is 1.37. The molecule has 1 fully saturated rings. The highest BCUT2D eigenvalue weighted by Crippen LogP contribution is 2.37. The van der Waals surface area contributed by atoms with E-state index < -0.39 is 23.5 Å². The Bertz CT molecular complexity index is 1310. The number of rotatable bonds is 5. The summed E-state index contributed by atoms with van der Waals surface area (Å²) in [5, 5.41) is 0.410. The van der Waals surface area contributed by atoms with Crippen molar-refractivity contribution in [1.82, 2.24) is 19.8 Å². The molecule has 1 atom stereocenters. The normalized spacial score (nSPS) is 16.1. The minimum absolute atomic E-state index is 0.0557. The fraction of sp³-hybridized carbons (Fsp3) is 0.500. The van der Waals surface area contributed by atoms with Gasteiger partial charge in [-0.15, -0.1) is 0 Å². The summed E-state index contributed by atoms with van der Waals surface area (Å²) in [5.74, 6) is 0.921. The number of fused-ring (bicyclic) bond motifs is 1. The molecule has 0 saturated carbocycles. The Hall–Kier alpha value is -3.38. The van der Waals surface area contributed by atoms with Crippen molar-refractivity contribution in [2.24, 2.45) is 5.73 Å². The van der Waals surface area contributed by atoms with Gasteiger partial charge in [0.1, 0.15) is 28.3 Å². The third kappa shape index (κ3) is 6.02. The molecule has 12 heteroatoms. The molecule has 3 heterocycles. The van der Waals surface area contributed by atoms with Crippen LogP contribution in [0.1, 0.15) is 50.9 Å². The van der Waals surface area contributed by atoms with E-state index in [1.54, 1.807) is 17.9 Å². The molecular weight excluding hydrogens is 503 g/mol. The Labute approximate surface area is 218 Å². The Kier molecular flexibility index (Phi) is 7.57. The van der Waals surface area contributed by atoms with Gasteiger partial charge in [0.05, 0.1) is 18.8 Å². The molecule has 1 amide bonds. The number of pyridine rings is 1. The lowest BCUT2D eigenvalue weighted by molar-refractivity contribution is -0.140. The molecule has 3 aromatic rings. The van der Waals surface area contributed by atoms with Gasteiger partial charge >= 0.3 is 12.3 Å². The molecule has 206 valence electrons. The molecule has 1 aliphatic heterocycles. The van der Waals surface area contributed by atoms with Crippen LogP contribution in [-0.4, -0.2) is 64.8 Å². The van der Waals surface area contributed by atoms with E-state index in [2.05, 4.69) is 9.88 Å². The lowest BCUT2D eigenvalue weighted by atomic mass is 10.1. The van der Waals surface area contributed by atoms with Gasteiger partial charge in [-0.3, -0.25) is 4.90 Å². The third-order valence-electron chi connectivity index (χ3n) is 6.10. The van der Waals surface area contributed by atoms with Crippen LogP contribution < -0.4 is 10.5 Å². The molecular formula is C26H32F3N5O4. The van der Waals surface area contributed by atoms with Crippen LogP contribution in [0, 0.1) is 0 Å². The molecule has 38 heavy (non-hydrogen) atoms. The maximum absolute atomic E-state index is 13.3. The highest BCUT2D eigenvalue weighted by atomic mass is 19.4. The van der Waals surface area contributed by atoms with E-state index in [0.717, 1.165) is 6.07 Å². The molecule has 2 N–H and O–H groups in total. The quantitative estimate of drug-likeness (QED) is 0.487. The van der Waals surface area contributed by atoms with Crippen molar-refractivity contribution in [2.75, 3.05) is 33.3 Å². The van der Waals surface area contributed by atoms with Crippen molar-refractivity contribution in [3.8, 4) is 17.2 Å². The maximum Gasteiger partial charge on any atom is 0.433 e. The van der Waals surface area contributed by atoms with Gasteiger partial charge in [-0.05, 0) is 52.0 Å². The summed E-state index contributed by atoms with van der Waals surface area (Å²) in [6.45, 7) is 9.92. The fourth-order valence-electron chi connectivity index (χ4n) is 4.28. The van der Waals surface area contributed by atoms with Crippen molar-refractivity contribution in [2.45, 2.75) is 52.1 Å². The van der Waals surface area contributed by atoms with Crippen LogP contribution in [0.15, 0.2) is 28.7 Å². The minimum Gasteiger partial charge on any atom is -0.494 e. The average molecular weight is 536 g/mol. The third-order valence-corrected chi connectivity index (χ3v) is 6.10. The Morgan fingerprint density at radius 2 is 1.79 bits per heavy atom. The number of hydrogen-bond donors (Lipinski definition) is 1. The smallest absolute Gasteiger partial charge is 0.433 e. The van der Waals surface area contributed by atoms with Crippen LogP contribution in [0.25, 0.3) is 22.4 Å². The zero-order valence-corrected chi connectivity index (χ0v) is 22.1. The van der Waals surface area contributed by atoms with Crippen molar-refractivity contribution in [1.29, 1.82) is 0 Å². The number of hydrogen-bond acceptors (Lipinski definition) is 8. The second kappa shape index (κ2) is 10.4. The Morgan fingerprint density at radius 3 is 2.37 bits per heavy atom. The number of benzene rings is 1. The van der Waals surface area contributed by atoms with E-state index in [-0.39, 0.29) is 23.3 Å². The van der Waals surface area contributed by atoms with E-state index in [0.29, 0.717) is 55.1 Å². The number of alkyl halides is 3. The molecule has 1 aliphatic rings. The van der Waals surface area contributed by atoms with E-state index >= 15 is 0 Å². The summed E-state index contributed by atoms with van der Waals surface area (Å²) >= 11 is 0. The van der Waals surface area contributed by atoms with Crippen LogP contribution in [0.3, 0.4) is 0 Å². The second-order valence-corrected chi connectivity index (χ2v) is 10.3. The monoisotopic (exact) mass is 535 g/mol. The predicted molar refractivity (Wildman–Crippen MR) is 134 cm³/mol. The van der Waals surface area contributed by atoms with Gasteiger partial charge in [-0.1, -0.05) is 0 Å². The highest BCUT2D eigenvalue weighted by molar-refractivity contribution is 5.96. The number of carbonyl (C=O) groups excluding carboxylic acids is 1. The van der Waals surface area contributed by atoms with E-state index in [9.17, 15) is 18.0 Å². The van der Waals surface area contributed by atoms with Gasteiger partial charge in [0.25, 0.3) is 0 Å². The Morgan fingerprint density at radius 1 is 1.11 bits per heavy atom. The molecule has 0 radical (unpaired) electrons. The largest absolute Gasteiger partial charge is 0.494 e. The zero-order chi connectivity index (χ0) is 27.8. The number of halogens is 3. The molecule has 0 aliphatic carbocycles. The SMILES string of the molecule is COc1ccc(-c2nc(CN3CCN(C(=O)OC(C)(C)C)CC3)c(C(C)N)o2)c2ccc(C(F)(F)F)nc12. The number of nitrogens with zero attached hydrogens (tertiary/aromatic N) is 4. The molecule has 4 rings (SSSR count). The summed E-state index contributed by atoms with van der Waals surface area (Å²) in [6.07, 6.45) is -4.94. The fourth-order valence-corrected chi connectivity index (χ4v) is 4.28. The summed E-state index contributed by atoms with van der Waals surface area (Å²) in [6, 6.07) is 5.01. The van der Waals surface area contributed by atoms with Gasteiger partial charge in [-0.2, -0.15) is 13.2 Å². The topological polar surface area (TPSA) is 107 Å². The van der Waals surface area contributed by atoms with Crippen molar-refractivity contribution in [3.63, 3.8) is 0 Å².